The number of unbranched alkanes of at least 4 members (excludes halogenated alkanes) is 2. The maximum absolute atomic E-state index is 6.05. The van der Waals surface area contributed by atoms with Crippen LogP contribution in [0.15, 0.2) is 12.4 Å². The van der Waals surface area contributed by atoms with E-state index in [1.165, 1.54) is 31.5 Å². The lowest BCUT2D eigenvalue weighted by Crippen LogP contribution is -2.54. The predicted molar refractivity (Wildman–Crippen MR) is 74.2 cm³/mol. The fourth-order valence-electron chi connectivity index (χ4n) is 2.78. The second kappa shape index (κ2) is 5.85. The zero-order valence-corrected chi connectivity index (χ0v) is 11.7. The zero-order chi connectivity index (χ0) is 13.0. The topological polar surface area (TPSA) is 47.1 Å². The molecule has 1 unspecified atom stereocenters. The van der Waals surface area contributed by atoms with E-state index in [1.807, 2.05) is 6.20 Å². The van der Waals surface area contributed by atoms with E-state index < -0.39 is 0 Å². The molecule has 1 aromatic rings. The lowest BCUT2D eigenvalue weighted by Gasteiger charge is -2.43. The third-order valence-corrected chi connectivity index (χ3v) is 4.27. The van der Waals surface area contributed by atoms with E-state index in [0.29, 0.717) is 0 Å². The van der Waals surface area contributed by atoms with Crippen LogP contribution < -0.4 is 5.73 Å². The van der Waals surface area contributed by atoms with Crippen molar-refractivity contribution in [2.24, 2.45) is 5.73 Å². The highest BCUT2D eigenvalue weighted by atomic mass is 15.3. The molecule has 1 aliphatic heterocycles. The van der Waals surface area contributed by atoms with Gasteiger partial charge in [0.1, 0.15) is 5.82 Å². The molecule has 2 rings (SSSR count). The summed E-state index contributed by atoms with van der Waals surface area (Å²) in [5.41, 5.74) is 6.18. The molecular weight excluding hydrogens is 224 g/mol. The second-order valence-corrected chi connectivity index (χ2v) is 5.62. The van der Waals surface area contributed by atoms with Gasteiger partial charge in [-0.1, -0.05) is 26.2 Å². The molecule has 1 aromatic heterocycles. The first-order chi connectivity index (χ1) is 8.69. The molecule has 1 aliphatic rings. The standard InChI is InChI=1S/C14H26N4/c1-3-4-5-6-14(2,12-15)18-10-9-17-8-7-16-13(17)11-18/h7-8H,3-6,9-12,15H2,1-2H3. The lowest BCUT2D eigenvalue weighted by atomic mass is 9.91. The van der Waals surface area contributed by atoms with E-state index in [4.69, 9.17) is 5.73 Å². The maximum atomic E-state index is 6.05. The monoisotopic (exact) mass is 250 g/mol. The number of hydrogen-bond donors (Lipinski definition) is 1. The summed E-state index contributed by atoms with van der Waals surface area (Å²) in [5, 5.41) is 0. The molecule has 0 spiro atoms. The van der Waals surface area contributed by atoms with Gasteiger partial charge >= 0.3 is 0 Å². The van der Waals surface area contributed by atoms with Gasteiger partial charge in [-0.2, -0.15) is 0 Å². The van der Waals surface area contributed by atoms with Crippen molar-refractivity contribution in [3.05, 3.63) is 18.2 Å². The van der Waals surface area contributed by atoms with Crippen LogP contribution in [0.5, 0.6) is 0 Å². The second-order valence-electron chi connectivity index (χ2n) is 5.62. The number of rotatable bonds is 6. The molecule has 2 N–H and O–H groups in total. The normalized spacial score (nSPS) is 19.5. The number of nitrogens with zero attached hydrogens (tertiary/aromatic N) is 3. The zero-order valence-electron chi connectivity index (χ0n) is 11.7. The minimum absolute atomic E-state index is 0.131. The first kappa shape index (κ1) is 13.6. The summed E-state index contributed by atoms with van der Waals surface area (Å²) in [6.45, 7) is 8.35. The molecule has 18 heavy (non-hydrogen) atoms. The SMILES string of the molecule is CCCCCC(C)(CN)N1CCn2ccnc2C1. The van der Waals surface area contributed by atoms with Crippen molar-refractivity contribution in [1.82, 2.24) is 14.5 Å². The van der Waals surface area contributed by atoms with Crippen LogP contribution in [0.3, 0.4) is 0 Å². The van der Waals surface area contributed by atoms with Crippen LogP contribution in [0.4, 0.5) is 0 Å². The molecule has 0 aliphatic carbocycles. The van der Waals surface area contributed by atoms with Gasteiger partial charge in [-0.15, -0.1) is 0 Å². The number of imidazole rings is 1. The minimum Gasteiger partial charge on any atom is -0.333 e. The van der Waals surface area contributed by atoms with Gasteiger partial charge in [0.2, 0.25) is 0 Å². The summed E-state index contributed by atoms with van der Waals surface area (Å²) in [6, 6.07) is 0. The van der Waals surface area contributed by atoms with Crippen LogP contribution in [-0.4, -0.2) is 33.1 Å². The van der Waals surface area contributed by atoms with E-state index >= 15 is 0 Å². The van der Waals surface area contributed by atoms with Crippen molar-refractivity contribution >= 4 is 0 Å². The summed E-state index contributed by atoms with van der Waals surface area (Å²) >= 11 is 0. The smallest absolute Gasteiger partial charge is 0.122 e. The van der Waals surface area contributed by atoms with E-state index in [1.54, 1.807) is 0 Å². The first-order valence-corrected chi connectivity index (χ1v) is 7.15. The van der Waals surface area contributed by atoms with Crippen molar-refractivity contribution in [3.63, 3.8) is 0 Å². The van der Waals surface area contributed by atoms with E-state index in [9.17, 15) is 0 Å². The number of aromatic nitrogens is 2. The van der Waals surface area contributed by atoms with Crippen LogP contribution in [0.1, 0.15) is 45.4 Å². The molecule has 0 saturated carbocycles. The van der Waals surface area contributed by atoms with E-state index in [2.05, 4.69) is 34.5 Å². The molecule has 2 heterocycles. The minimum atomic E-state index is 0.131. The molecule has 4 nitrogen and oxygen atoms in total. The Hall–Kier alpha value is -0.870. The Morgan fingerprint density at radius 1 is 1.39 bits per heavy atom. The average molecular weight is 250 g/mol. The van der Waals surface area contributed by atoms with Gasteiger partial charge < -0.3 is 10.3 Å². The molecule has 0 bridgehead atoms. The summed E-state index contributed by atoms with van der Waals surface area (Å²) in [5.74, 6) is 1.18. The van der Waals surface area contributed by atoms with E-state index in [-0.39, 0.29) is 5.54 Å². The van der Waals surface area contributed by atoms with Crippen LogP contribution in [-0.2, 0) is 13.1 Å². The van der Waals surface area contributed by atoms with Crippen molar-refractivity contribution in [2.45, 2.75) is 58.2 Å². The summed E-state index contributed by atoms with van der Waals surface area (Å²) in [6.07, 6.45) is 9.01. The highest BCUT2D eigenvalue weighted by Crippen LogP contribution is 2.25. The molecule has 0 radical (unpaired) electrons. The van der Waals surface area contributed by atoms with Gasteiger partial charge in [-0.25, -0.2) is 4.98 Å². The van der Waals surface area contributed by atoms with Gasteiger partial charge in [0, 0.05) is 37.6 Å². The van der Waals surface area contributed by atoms with Crippen molar-refractivity contribution in [3.8, 4) is 0 Å². The molecule has 0 fully saturated rings. The Kier molecular flexibility index (Phi) is 4.40. The lowest BCUT2D eigenvalue weighted by molar-refractivity contribution is 0.0678. The van der Waals surface area contributed by atoms with Gasteiger partial charge in [0.15, 0.2) is 0 Å². The van der Waals surface area contributed by atoms with Crippen LogP contribution >= 0.6 is 0 Å². The Labute approximate surface area is 110 Å². The Bertz CT molecular complexity index is 374. The number of hydrogen-bond acceptors (Lipinski definition) is 3. The highest BCUT2D eigenvalue weighted by molar-refractivity contribution is 4.99. The van der Waals surface area contributed by atoms with Crippen molar-refractivity contribution < 1.29 is 0 Å². The predicted octanol–water partition coefficient (Wildman–Crippen LogP) is 2.00. The fourth-order valence-corrected chi connectivity index (χ4v) is 2.78. The van der Waals surface area contributed by atoms with Crippen LogP contribution in [0, 0.1) is 0 Å². The molecule has 0 amide bonds. The van der Waals surface area contributed by atoms with Gasteiger partial charge in [-0.05, 0) is 13.3 Å². The van der Waals surface area contributed by atoms with Gasteiger partial charge in [0.05, 0.1) is 6.54 Å². The fraction of sp³-hybridized carbons (Fsp3) is 0.786. The third-order valence-electron chi connectivity index (χ3n) is 4.27. The van der Waals surface area contributed by atoms with E-state index in [0.717, 1.165) is 26.2 Å². The number of fused-ring (bicyclic) bond motifs is 1. The Balaban J connectivity index is 2.00. The van der Waals surface area contributed by atoms with Gasteiger partial charge in [0.25, 0.3) is 0 Å². The molecule has 1 atom stereocenters. The van der Waals surface area contributed by atoms with Crippen molar-refractivity contribution in [1.29, 1.82) is 0 Å². The Morgan fingerprint density at radius 2 is 2.22 bits per heavy atom. The summed E-state index contributed by atoms with van der Waals surface area (Å²) in [7, 11) is 0. The first-order valence-electron chi connectivity index (χ1n) is 7.15. The largest absolute Gasteiger partial charge is 0.333 e. The van der Waals surface area contributed by atoms with Gasteiger partial charge in [-0.3, -0.25) is 4.90 Å². The molecule has 0 saturated heterocycles. The molecule has 102 valence electrons. The van der Waals surface area contributed by atoms with Crippen LogP contribution in [0.25, 0.3) is 0 Å². The quantitative estimate of drug-likeness (QED) is 0.786. The molecule has 0 aromatic carbocycles. The molecular formula is C14H26N4. The molecule has 4 heteroatoms. The Morgan fingerprint density at radius 3 is 2.94 bits per heavy atom. The summed E-state index contributed by atoms with van der Waals surface area (Å²) in [4.78, 5) is 6.95. The summed E-state index contributed by atoms with van der Waals surface area (Å²) < 4.78 is 2.25. The third kappa shape index (κ3) is 2.75. The average Bonchev–Trinajstić information content (AvgIpc) is 2.86. The maximum Gasteiger partial charge on any atom is 0.122 e. The van der Waals surface area contributed by atoms with Crippen molar-refractivity contribution in [2.75, 3.05) is 13.1 Å². The highest BCUT2D eigenvalue weighted by Gasteiger charge is 2.32. The van der Waals surface area contributed by atoms with Crippen LogP contribution in [0.2, 0.25) is 0 Å². The number of nitrogens with two attached hydrogens (primary N) is 1.